The molecule has 1 atom stereocenters. The summed E-state index contributed by atoms with van der Waals surface area (Å²) in [6.07, 6.45) is 0.778. The Morgan fingerprint density at radius 2 is 1.63 bits per heavy atom. The van der Waals surface area contributed by atoms with Crippen molar-refractivity contribution in [3.05, 3.63) is 89.8 Å². The van der Waals surface area contributed by atoms with Crippen molar-refractivity contribution < 1.29 is 22.7 Å². The van der Waals surface area contributed by atoms with Gasteiger partial charge in [-0.1, -0.05) is 49.4 Å². The Morgan fingerprint density at radius 3 is 2.19 bits per heavy atom. The topological polar surface area (TPSA) is 33.1 Å². The molecule has 1 N–H and O–H groups in total. The molecular weight excluding hydrogens is 358 g/mol. The third kappa shape index (κ3) is 3.32. The highest BCUT2D eigenvalue weighted by Gasteiger charge is 2.56. The summed E-state index contributed by atoms with van der Waals surface area (Å²) in [5.74, 6) is -6.04. The first-order valence-electron chi connectivity index (χ1n) is 8.37. The van der Waals surface area contributed by atoms with Crippen molar-refractivity contribution in [3.63, 3.8) is 0 Å². The molecular formula is C21H17F4NO. The van der Waals surface area contributed by atoms with Gasteiger partial charge in [0.25, 0.3) is 0 Å². The number of pyridine rings is 1. The van der Waals surface area contributed by atoms with Crippen molar-refractivity contribution >= 4 is 0 Å². The number of aliphatic hydroxyl groups is 1. The fourth-order valence-corrected chi connectivity index (χ4v) is 3.00. The van der Waals surface area contributed by atoms with Crippen LogP contribution >= 0.6 is 0 Å². The van der Waals surface area contributed by atoms with Gasteiger partial charge in [0, 0.05) is 23.4 Å². The second-order valence-electron chi connectivity index (χ2n) is 6.21. The standard InChI is InChI=1S/C21H17F4NO/c1-2-20(27,17-10-9-16(22)12-18(17)23)21(24,25)19-11-8-15(13-26-19)14-6-4-3-5-7-14/h3-13,27H,2H2,1H3. The Bertz CT molecular complexity index is 929. The molecule has 0 bridgehead atoms. The molecule has 0 saturated carbocycles. The molecule has 140 valence electrons. The van der Waals surface area contributed by atoms with Gasteiger partial charge in [-0.15, -0.1) is 0 Å². The third-order valence-corrected chi connectivity index (χ3v) is 4.60. The Balaban J connectivity index is 2.03. The molecule has 0 spiro atoms. The van der Waals surface area contributed by atoms with Gasteiger partial charge in [-0.2, -0.15) is 8.78 Å². The molecule has 0 saturated heterocycles. The molecule has 1 unspecified atom stereocenters. The van der Waals surface area contributed by atoms with Gasteiger partial charge in [0.05, 0.1) is 0 Å². The van der Waals surface area contributed by atoms with Gasteiger partial charge >= 0.3 is 5.92 Å². The van der Waals surface area contributed by atoms with Crippen LogP contribution in [0.5, 0.6) is 0 Å². The molecule has 2 aromatic carbocycles. The molecule has 0 radical (unpaired) electrons. The summed E-state index contributed by atoms with van der Waals surface area (Å²) in [4.78, 5) is 3.81. The van der Waals surface area contributed by atoms with E-state index in [0.717, 1.165) is 23.8 Å². The van der Waals surface area contributed by atoms with E-state index in [1.807, 2.05) is 30.3 Å². The molecule has 1 heterocycles. The van der Waals surface area contributed by atoms with E-state index < -0.39 is 40.8 Å². The summed E-state index contributed by atoms with van der Waals surface area (Å²) in [6, 6.07) is 13.8. The van der Waals surface area contributed by atoms with E-state index in [1.54, 1.807) is 0 Å². The van der Waals surface area contributed by atoms with Crippen LogP contribution in [0.25, 0.3) is 11.1 Å². The van der Waals surface area contributed by atoms with Crippen LogP contribution in [0.15, 0.2) is 66.9 Å². The summed E-state index contributed by atoms with van der Waals surface area (Å²) in [6.45, 7) is 1.30. The quantitative estimate of drug-likeness (QED) is 0.605. The zero-order chi connectivity index (χ0) is 19.7. The van der Waals surface area contributed by atoms with Gasteiger partial charge in [-0.05, 0) is 24.1 Å². The maximum Gasteiger partial charge on any atom is 0.321 e. The van der Waals surface area contributed by atoms with Crippen LogP contribution in [-0.2, 0) is 11.5 Å². The number of hydrogen-bond acceptors (Lipinski definition) is 2. The Labute approximate surface area is 154 Å². The van der Waals surface area contributed by atoms with E-state index in [1.165, 1.54) is 19.2 Å². The first kappa shape index (κ1) is 19.0. The van der Waals surface area contributed by atoms with Crippen molar-refractivity contribution in [1.29, 1.82) is 0 Å². The lowest BCUT2D eigenvalue weighted by Crippen LogP contribution is -2.44. The number of alkyl halides is 2. The summed E-state index contributed by atoms with van der Waals surface area (Å²) in [5, 5.41) is 10.7. The molecule has 6 heteroatoms. The molecule has 3 aromatic rings. The average Bonchev–Trinajstić information content (AvgIpc) is 2.68. The molecule has 1 aromatic heterocycles. The van der Waals surface area contributed by atoms with E-state index in [0.29, 0.717) is 11.6 Å². The SMILES string of the molecule is CCC(O)(c1ccc(F)cc1F)C(F)(F)c1ccc(-c2ccccc2)cn1. The Morgan fingerprint density at radius 1 is 0.926 bits per heavy atom. The zero-order valence-electron chi connectivity index (χ0n) is 14.5. The fourth-order valence-electron chi connectivity index (χ4n) is 3.00. The molecule has 0 aliphatic carbocycles. The summed E-state index contributed by atoms with van der Waals surface area (Å²) in [5.41, 5.74) is -2.81. The van der Waals surface area contributed by atoms with Crippen LogP contribution in [0.1, 0.15) is 24.6 Å². The van der Waals surface area contributed by atoms with Crippen molar-refractivity contribution in [1.82, 2.24) is 4.98 Å². The predicted octanol–water partition coefficient (Wildman–Crippen LogP) is 5.42. The molecule has 0 aliphatic rings. The minimum Gasteiger partial charge on any atom is -0.378 e. The highest BCUT2D eigenvalue weighted by molar-refractivity contribution is 5.62. The summed E-state index contributed by atoms with van der Waals surface area (Å²) in [7, 11) is 0. The second-order valence-corrected chi connectivity index (χ2v) is 6.21. The second kappa shape index (κ2) is 7.12. The monoisotopic (exact) mass is 375 g/mol. The summed E-state index contributed by atoms with van der Waals surface area (Å²) >= 11 is 0. The van der Waals surface area contributed by atoms with Crippen LogP contribution < -0.4 is 0 Å². The van der Waals surface area contributed by atoms with E-state index in [-0.39, 0.29) is 0 Å². The largest absolute Gasteiger partial charge is 0.378 e. The van der Waals surface area contributed by atoms with Crippen LogP contribution in [0, 0.1) is 11.6 Å². The van der Waals surface area contributed by atoms with Crippen LogP contribution in [0.4, 0.5) is 17.6 Å². The lowest BCUT2D eigenvalue weighted by atomic mass is 9.82. The van der Waals surface area contributed by atoms with Gasteiger partial charge in [0.1, 0.15) is 17.3 Å². The number of halogens is 4. The molecule has 0 fully saturated rings. The minimum atomic E-state index is -3.89. The maximum atomic E-state index is 15.1. The lowest BCUT2D eigenvalue weighted by Gasteiger charge is -2.35. The van der Waals surface area contributed by atoms with E-state index in [4.69, 9.17) is 0 Å². The molecule has 27 heavy (non-hydrogen) atoms. The molecule has 0 amide bonds. The lowest BCUT2D eigenvalue weighted by molar-refractivity contribution is -0.200. The number of aromatic nitrogens is 1. The highest BCUT2D eigenvalue weighted by atomic mass is 19.3. The van der Waals surface area contributed by atoms with Crippen molar-refractivity contribution in [2.45, 2.75) is 24.9 Å². The average molecular weight is 375 g/mol. The highest BCUT2D eigenvalue weighted by Crippen LogP contribution is 2.47. The number of nitrogens with zero attached hydrogens (tertiary/aromatic N) is 1. The third-order valence-electron chi connectivity index (χ3n) is 4.60. The van der Waals surface area contributed by atoms with E-state index >= 15 is 8.78 Å². The fraction of sp³-hybridized carbons (Fsp3) is 0.190. The number of rotatable bonds is 5. The first-order chi connectivity index (χ1) is 12.8. The Kier molecular flexibility index (Phi) is 5.02. The van der Waals surface area contributed by atoms with Gasteiger partial charge in [0.15, 0.2) is 5.60 Å². The minimum absolute atomic E-state index is 0.470. The van der Waals surface area contributed by atoms with Gasteiger partial charge < -0.3 is 5.11 Å². The smallest absolute Gasteiger partial charge is 0.321 e. The molecule has 0 aliphatic heterocycles. The number of hydrogen-bond donors (Lipinski definition) is 1. The summed E-state index contributed by atoms with van der Waals surface area (Å²) < 4.78 is 57.5. The van der Waals surface area contributed by atoms with Gasteiger partial charge in [0.2, 0.25) is 0 Å². The zero-order valence-corrected chi connectivity index (χ0v) is 14.5. The van der Waals surface area contributed by atoms with Gasteiger partial charge in [-0.3, -0.25) is 4.98 Å². The van der Waals surface area contributed by atoms with E-state index in [2.05, 4.69) is 4.98 Å². The normalized spacial score (nSPS) is 14.0. The van der Waals surface area contributed by atoms with Crippen molar-refractivity contribution in [2.75, 3.05) is 0 Å². The molecule has 2 nitrogen and oxygen atoms in total. The number of benzene rings is 2. The van der Waals surface area contributed by atoms with Gasteiger partial charge in [-0.25, -0.2) is 8.78 Å². The van der Waals surface area contributed by atoms with Crippen molar-refractivity contribution in [3.8, 4) is 11.1 Å². The predicted molar refractivity (Wildman–Crippen MR) is 94.1 cm³/mol. The maximum absolute atomic E-state index is 15.1. The van der Waals surface area contributed by atoms with Crippen LogP contribution in [0.3, 0.4) is 0 Å². The first-order valence-corrected chi connectivity index (χ1v) is 8.37. The van der Waals surface area contributed by atoms with Crippen molar-refractivity contribution in [2.24, 2.45) is 0 Å². The van der Waals surface area contributed by atoms with Crippen LogP contribution in [-0.4, -0.2) is 10.1 Å². The molecule has 3 rings (SSSR count). The van der Waals surface area contributed by atoms with Crippen LogP contribution in [0.2, 0.25) is 0 Å². The van der Waals surface area contributed by atoms with E-state index in [9.17, 15) is 13.9 Å². The Hall–Kier alpha value is -2.73.